The fourth-order valence-corrected chi connectivity index (χ4v) is 4.30. The molecule has 1 aliphatic rings. The van der Waals surface area contributed by atoms with Crippen LogP contribution in [0.2, 0.25) is 5.02 Å². The standard InChI is InChI=1S/C24H27ClN2O4S/c1-32-14-13-21(27-23(29)17-9-11-18(25)12-10-17)24(30)31-15-22(28)26-20-8-4-6-16-5-2-3-7-19(16)20/h2-3,5,7,9-12,20-21H,4,6,8,13-15H2,1H3,(H,26,28)(H,27,29)/t20-,21+/m0/s1. The summed E-state index contributed by atoms with van der Waals surface area (Å²) >= 11 is 7.42. The van der Waals surface area contributed by atoms with Crippen molar-refractivity contribution in [3.63, 3.8) is 0 Å². The number of hydrogen-bond donors (Lipinski definition) is 2. The minimum Gasteiger partial charge on any atom is -0.454 e. The number of thioether (sulfide) groups is 1. The summed E-state index contributed by atoms with van der Waals surface area (Å²) in [5.41, 5.74) is 2.75. The van der Waals surface area contributed by atoms with Gasteiger partial charge in [0.1, 0.15) is 6.04 Å². The maximum Gasteiger partial charge on any atom is 0.329 e. The molecule has 1 aliphatic carbocycles. The number of esters is 1. The molecule has 32 heavy (non-hydrogen) atoms. The lowest BCUT2D eigenvalue weighted by Crippen LogP contribution is -2.43. The zero-order valence-electron chi connectivity index (χ0n) is 17.9. The Balaban J connectivity index is 1.54. The first kappa shape index (κ1) is 24.1. The van der Waals surface area contributed by atoms with Crippen molar-refractivity contribution in [3.05, 3.63) is 70.2 Å². The summed E-state index contributed by atoms with van der Waals surface area (Å²) in [4.78, 5) is 37.6. The number of hydrogen-bond acceptors (Lipinski definition) is 5. The lowest BCUT2D eigenvalue weighted by molar-refractivity contribution is -0.150. The highest BCUT2D eigenvalue weighted by molar-refractivity contribution is 7.98. The van der Waals surface area contributed by atoms with Gasteiger partial charge in [0.15, 0.2) is 6.61 Å². The van der Waals surface area contributed by atoms with E-state index in [0.717, 1.165) is 24.8 Å². The van der Waals surface area contributed by atoms with Crippen LogP contribution in [0.15, 0.2) is 48.5 Å². The minimum absolute atomic E-state index is 0.0805. The quantitative estimate of drug-likeness (QED) is 0.538. The number of fused-ring (bicyclic) bond motifs is 1. The van der Waals surface area contributed by atoms with Gasteiger partial charge in [0.2, 0.25) is 0 Å². The van der Waals surface area contributed by atoms with E-state index in [1.165, 1.54) is 5.56 Å². The van der Waals surface area contributed by atoms with E-state index in [2.05, 4.69) is 16.7 Å². The molecule has 0 bridgehead atoms. The Morgan fingerprint density at radius 1 is 1.16 bits per heavy atom. The molecule has 0 fully saturated rings. The molecule has 2 aromatic rings. The Bertz CT molecular complexity index is 951. The fraction of sp³-hybridized carbons (Fsp3) is 0.375. The summed E-state index contributed by atoms with van der Waals surface area (Å²) in [6.07, 6.45) is 5.16. The molecule has 2 amide bonds. The van der Waals surface area contributed by atoms with Gasteiger partial charge in [-0.25, -0.2) is 4.79 Å². The zero-order valence-corrected chi connectivity index (χ0v) is 19.5. The van der Waals surface area contributed by atoms with Crippen molar-refractivity contribution in [1.29, 1.82) is 0 Å². The summed E-state index contributed by atoms with van der Waals surface area (Å²) in [7, 11) is 0. The molecule has 0 radical (unpaired) electrons. The van der Waals surface area contributed by atoms with Gasteiger partial charge < -0.3 is 15.4 Å². The minimum atomic E-state index is -0.839. The molecule has 6 nitrogen and oxygen atoms in total. The second-order valence-electron chi connectivity index (χ2n) is 7.63. The zero-order chi connectivity index (χ0) is 22.9. The first-order valence-electron chi connectivity index (χ1n) is 10.6. The third-order valence-electron chi connectivity index (χ3n) is 5.36. The van der Waals surface area contributed by atoms with Crippen molar-refractivity contribution in [3.8, 4) is 0 Å². The predicted molar refractivity (Wildman–Crippen MR) is 127 cm³/mol. The van der Waals surface area contributed by atoms with Gasteiger partial charge in [-0.2, -0.15) is 11.8 Å². The molecule has 2 aromatic carbocycles. The van der Waals surface area contributed by atoms with Gasteiger partial charge in [-0.1, -0.05) is 35.9 Å². The van der Waals surface area contributed by atoms with Crippen LogP contribution in [0.1, 0.15) is 46.8 Å². The van der Waals surface area contributed by atoms with E-state index in [4.69, 9.17) is 16.3 Å². The summed E-state index contributed by atoms with van der Waals surface area (Å²) in [5, 5.41) is 6.19. The highest BCUT2D eigenvalue weighted by atomic mass is 35.5. The Morgan fingerprint density at radius 2 is 1.91 bits per heavy atom. The van der Waals surface area contributed by atoms with E-state index in [1.807, 2.05) is 24.5 Å². The highest BCUT2D eigenvalue weighted by Gasteiger charge is 2.25. The molecule has 170 valence electrons. The normalized spacial score (nSPS) is 15.9. The predicted octanol–water partition coefficient (Wildman–Crippen LogP) is 3.93. The van der Waals surface area contributed by atoms with Gasteiger partial charge in [0, 0.05) is 10.6 Å². The Labute approximate surface area is 197 Å². The van der Waals surface area contributed by atoms with Crippen LogP contribution in [-0.2, 0) is 20.7 Å². The summed E-state index contributed by atoms with van der Waals surface area (Å²) in [5.74, 6) is -0.715. The fourth-order valence-electron chi connectivity index (χ4n) is 3.70. The second-order valence-corrected chi connectivity index (χ2v) is 9.06. The van der Waals surface area contributed by atoms with Gasteiger partial charge in [-0.3, -0.25) is 9.59 Å². The Morgan fingerprint density at radius 3 is 2.66 bits per heavy atom. The number of benzene rings is 2. The molecule has 0 aromatic heterocycles. The monoisotopic (exact) mass is 474 g/mol. The van der Waals surface area contributed by atoms with Crippen molar-refractivity contribution >= 4 is 41.1 Å². The van der Waals surface area contributed by atoms with Gasteiger partial charge in [-0.15, -0.1) is 0 Å². The van der Waals surface area contributed by atoms with E-state index in [9.17, 15) is 14.4 Å². The molecule has 0 heterocycles. The molecule has 2 N–H and O–H groups in total. The number of ether oxygens (including phenoxy) is 1. The number of rotatable bonds is 9. The first-order chi connectivity index (χ1) is 15.5. The molecular formula is C24H27ClN2O4S. The Hall–Kier alpha value is -2.51. The van der Waals surface area contributed by atoms with Crippen LogP contribution in [-0.4, -0.2) is 42.4 Å². The Kier molecular flexibility index (Phi) is 9.00. The molecule has 0 spiro atoms. The van der Waals surface area contributed by atoms with Crippen LogP contribution >= 0.6 is 23.4 Å². The van der Waals surface area contributed by atoms with Gasteiger partial charge in [0.25, 0.3) is 11.8 Å². The first-order valence-corrected chi connectivity index (χ1v) is 12.3. The molecule has 0 unspecified atom stereocenters. The van der Waals surface area contributed by atoms with E-state index < -0.39 is 17.9 Å². The van der Waals surface area contributed by atoms with Crippen molar-refractivity contribution in [2.45, 2.75) is 37.8 Å². The largest absolute Gasteiger partial charge is 0.454 e. The van der Waals surface area contributed by atoms with Crippen LogP contribution in [0.3, 0.4) is 0 Å². The molecule has 2 atom stereocenters. The van der Waals surface area contributed by atoms with Crippen LogP contribution in [0.5, 0.6) is 0 Å². The van der Waals surface area contributed by atoms with Gasteiger partial charge in [-0.05, 0) is 73.1 Å². The SMILES string of the molecule is CSCC[C@@H](NC(=O)c1ccc(Cl)cc1)C(=O)OCC(=O)N[C@H]1CCCc2ccccc21. The van der Waals surface area contributed by atoms with E-state index in [0.29, 0.717) is 22.8 Å². The third kappa shape index (κ3) is 6.74. The number of amides is 2. The molecule has 0 saturated carbocycles. The van der Waals surface area contributed by atoms with Crippen molar-refractivity contribution in [2.24, 2.45) is 0 Å². The van der Waals surface area contributed by atoms with Crippen LogP contribution in [0.25, 0.3) is 0 Å². The second kappa shape index (κ2) is 11.9. The average molecular weight is 475 g/mol. The summed E-state index contributed by atoms with van der Waals surface area (Å²) in [6, 6.07) is 13.5. The van der Waals surface area contributed by atoms with Gasteiger partial charge >= 0.3 is 5.97 Å². The topological polar surface area (TPSA) is 84.5 Å². The number of carbonyl (C=O) groups is 3. The van der Waals surface area contributed by atoms with Crippen molar-refractivity contribution < 1.29 is 19.1 Å². The van der Waals surface area contributed by atoms with Crippen LogP contribution in [0.4, 0.5) is 0 Å². The molecular weight excluding hydrogens is 448 g/mol. The van der Waals surface area contributed by atoms with E-state index in [1.54, 1.807) is 36.0 Å². The number of nitrogens with one attached hydrogen (secondary N) is 2. The maximum absolute atomic E-state index is 12.6. The van der Waals surface area contributed by atoms with E-state index in [-0.39, 0.29) is 18.6 Å². The molecule has 8 heteroatoms. The van der Waals surface area contributed by atoms with Crippen LogP contribution < -0.4 is 10.6 Å². The molecule has 0 saturated heterocycles. The smallest absolute Gasteiger partial charge is 0.329 e. The lowest BCUT2D eigenvalue weighted by atomic mass is 9.88. The number of halogens is 1. The van der Waals surface area contributed by atoms with Crippen molar-refractivity contribution in [2.75, 3.05) is 18.6 Å². The summed E-state index contributed by atoms with van der Waals surface area (Å²) < 4.78 is 5.25. The summed E-state index contributed by atoms with van der Waals surface area (Å²) in [6.45, 7) is -0.385. The molecule has 0 aliphatic heterocycles. The number of carbonyl (C=O) groups excluding carboxylic acids is 3. The average Bonchev–Trinajstić information content (AvgIpc) is 2.80. The van der Waals surface area contributed by atoms with E-state index >= 15 is 0 Å². The number of aryl methyl sites for hydroxylation is 1. The highest BCUT2D eigenvalue weighted by Crippen LogP contribution is 2.29. The lowest BCUT2D eigenvalue weighted by Gasteiger charge is -2.26. The van der Waals surface area contributed by atoms with Gasteiger partial charge in [0.05, 0.1) is 6.04 Å². The third-order valence-corrected chi connectivity index (χ3v) is 6.25. The van der Waals surface area contributed by atoms with Crippen LogP contribution in [0, 0.1) is 0 Å². The maximum atomic E-state index is 12.6. The molecule has 3 rings (SSSR count). The van der Waals surface area contributed by atoms with Crippen molar-refractivity contribution in [1.82, 2.24) is 10.6 Å².